The Balaban J connectivity index is 0.000000234. The number of carboxylic acid groups (broad SMARTS) is 1. The zero-order valence-corrected chi connectivity index (χ0v) is 35.7. The Morgan fingerprint density at radius 1 is 0.632 bits per heavy atom. The predicted molar refractivity (Wildman–Crippen MR) is 217 cm³/mol. The standard InChI is InChI=1S/C25H19F5N6O3.C18H15F2N5O4/c1-13(17-9-16(26)12-33-24(17)27)39-22(38)10-19-23(34-35-36(19)2)18-4-3-15(11-32-18)20(37)7-14-5-6-31-21(8-14)25(28,29)30;1-9(12-5-11(19)8-22-17(12)20)29-15(26)6-14-16(23-24-25(14)2)13-4-3-10(7-21-13)18(27)28/h3-6,8-9,11-13H,7,10H2,1-2H3;3-5,7-9H,6H2,1-2H3,(H,27,28)/t13-;9-/m11/s1. The van der Waals surface area contributed by atoms with Gasteiger partial charge in [-0.1, -0.05) is 10.4 Å². The molecule has 0 fully saturated rings. The summed E-state index contributed by atoms with van der Waals surface area (Å²) in [4.78, 5) is 66.5. The summed E-state index contributed by atoms with van der Waals surface area (Å²) in [5.74, 6) is -6.54. The molecular weight excluding hydrogens is 916 g/mol. The lowest BCUT2D eigenvalue weighted by molar-refractivity contribution is -0.149. The molecule has 352 valence electrons. The first kappa shape index (κ1) is 49.1. The van der Waals surface area contributed by atoms with Crippen LogP contribution in [0.25, 0.3) is 22.8 Å². The summed E-state index contributed by atoms with van der Waals surface area (Å²) >= 11 is 0. The molecule has 0 amide bonds. The highest BCUT2D eigenvalue weighted by Crippen LogP contribution is 2.29. The van der Waals surface area contributed by atoms with E-state index in [-0.39, 0.29) is 64.2 Å². The Morgan fingerprint density at radius 3 is 1.53 bits per heavy atom. The van der Waals surface area contributed by atoms with Crippen LogP contribution < -0.4 is 0 Å². The number of carbonyl (C=O) groups excluding carboxylic acids is 3. The second kappa shape index (κ2) is 20.8. The Hall–Kier alpha value is -8.38. The van der Waals surface area contributed by atoms with Crippen LogP contribution in [0.2, 0.25) is 0 Å². The van der Waals surface area contributed by atoms with Crippen LogP contribution >= 0.6 is 0 Å². The number of nitrogens with zero attached hydrogens (tertiary/aromatic N) is 11. The number of hydrogen-bond acceptors (Lipinski definition) is 15. The van der Waals surface area contributed by atoms with Crippen molar-refractivity contribution in [2.75, 3.05) is 0 Å². The highest BCUT2D eigenvalue weighted by Gasteiger charge is 2.32. The summed E-state index contributed by atoms with van der Waals surface area (Å²) in [5, 5.41) is 24.6. The molecule has 0 spiro atoms. The molecule has 7 rings (SSSR count). The lowest BCUT2D eigenvalue weighted by Crippen LogP contribution is -2.15. The fourth-order valence-corrected chi connectivity index (χ4v) is 6.26. The number of aromatic nitrogens is 11. The molecule has 1 N–H and O–H groups in total. The SMILES string of the molecule is C[C@@H](OC(=O)Cc1c(-c2ccc(C(=O)Cc3ccnc(C(F)(F)F)c3)cn2)nnn1C)c1cc(F)cnc1F.C[C@@H](OC(=O)Cc1c(-c2ccc(C(=O)O)cn2)nnn1C)c1cc(F)cnc1F. The maximum atomic E-state index is 13.9. The minimum atomic E-state index is -4.63. The van der Waals surface area contributed by atoms with Crippen LogP contribution in [0, 0.1) is 23.5 Å². The third-order valence-corrected chi connectivity index (χ3v) is 9.73. The molecule has 25 heteroatoms. The first-order valence-electron chi connectivity index (χ1n) is 19.7. The lowest BCUT2D eigenvalue weighted by atomic mass is 10.0. The van der Waals surface area contributed by atoms with E-state index in [4.69, 9.17) is 14.6 Å². The first-order valence-corrected chi connectivity index (χ1v) is 19.7. The van der Waals surface area contributed by atoms with Crippen molar-refractivity contribution >= 4 is 23.7 Å². The van der Waals surface area contributed by atoms with Crippen LogP contribution in [0.15, 0.2) is 79.5 Å². The van der Waals surface area contributed by atoms with Crippen molar-refractivity contribution in [3.63, 3.8) is 0 Å². The summed E-state index contributed by atoms with van der Waals surface area (Å²) in [6, 6.07) is 9.59. The molecule has 0 aliphatic heterocycles. The number of alkyl halides is 3. The predicted octanol–water partition coefficient (Wildman–Crippen LogP) is 6.33. The van der Waals surface area contributed by atoms with Gasteiger partial charge in [-0.05, 0) is 67.9 Å². The van der Waals surface area contributed by atoms with Gasteiger partial charge in [0.1, 0.15) is 40.9 Å². The largest absolute Gasteiger partial charge is 0.478 e. The van der Waals surface area contributed by atoms with Crippen LogP contribution in [0.3, 0.4) is 0 Å². The second-order valence-electron chi connectivity index (χ2n) is 14.5. The number of pyridine rings is 5. The van der Waals surface area contributed by atoms with Gasteiger partial charge in [0.25, 0.3) is 0 Å². The quantitative estimate of drug-likeness (QED) is 0.0543. The number of carboxylic acids is 1. The van der Waals surface area contributed by atoms with Crippen molar-refractivity contribution in [1.82, 2.24) is 54.9 Å². The van der Waals surface area contributed by atoms with E-state index in [1.54, 1.807) is 7.05 Å². The summed E-state index contributed by atoms with van der Waals surface area (Å²) in [6.07, 6.45) is -2.90. The van der Waals surface area contributed by atoms with Crippen LogP contribution in [-0.2, 0) is 58.6 Å². The molecule has 2 atom stereocenters. The van der Waals surface area contributed by atoms with E-state index in [0.717, 1.165) is 36.8 Å². The first-order chi connectivity index (χ1) is 32.2. The topological polar surface area (TPSA) is 233 Å². The third-order valence-electron chi connectivity index (χ3n) is 9.73. The number of Topliss-reactive ketones (excluding diaryl/α,β-unsaturated/α-hetero) is 1. The Kier molecular flexibility index (Phi) is 15.0. The lowest BCUT2D eigenvalue weighted by Gasteiger charge is -2.14. The molecule has 0 aromatic carbocycles. The molecule has 18 nitrogen and oxygen atoms in total. The molecule has 0 aliphatic carbocycles. The number of aryl methyl sites for hydroxylation is 2. The van der Waals surface area contributed by atoms with Crippen LogP contribution in [0.4, 0.5) is 30.7 Å². The number of ketones is 1. The average Bonchev–Trinajstić information content (AvgIpc) is 3.84. The van der Waals surface area contributed by atoms with Gasteiger partial charge in [-0.25, -0.2) is 23.5 Å². The van der Waals surface area contributed by atoms with E-state index in [2.05, 4.69) is 45.5 Å². The summed E-state index contributed by atoms with van der Waals surface area (Å²) < 4.78 is 106. The van der Waals surface area contributed by atoms with Gasteiger partial charge >= 0.3 is 24.1 Å². The molecule has 0 saturated carbocycles. The van der Waals surface area contributed by atoms with Crippen molar-refractivity contribution in [2.24, 2.45) is 14.1 Å². The van der Waals surface area contributed by atoms with Crippen LogP contribution in [-0.4, -0.2) is 83.7 Å². The molecule has 0 unspecified atom stereocenters. The Labute approximate surface area is 378 Å². The number of rotatable bonds is 14. The number of ether oxygens (including phenoxy) is 2. The fourth-order valence-electron chi connectivity index (χ4n) is 6.26. The summed E-state index contributed by atoms with van der Waals surface area (Å²) in [6.45, 7) is 2.76. The van der Waals surface area contributed by atoms with E-state index in [9.17, 15) is 49.9 Å². The molecule has 7 aromatic heterocycles. The molecule has 0 bridgehead atoms. The van der Waals surface area contributed by atoms with E-state index >= 15 is 0 Å². The third kappa shape index (κ3) is 12.1. The summed E-state index contributed by atoms with van der Waals surface area (Å²) in [7, 11) is 3.09. The van der Waals surface area contributed by atoms with Gasteiger partial charge in [0.05, 0.1) is 64.7 Å². The highest BCUT2D eigenvalue weighted by molar-refractivity contribution is 5.97. The minimum Gasteiger partial charge on any atom is -0.478 e. The van der Waals surface area contributed by atoms with Crippen LogP contribution in [0.5, 0.6) is 0 Å². The average molecular weight is 950 g/mol. The van der Waals surface area contributed by atoms with Crippen molar-refractivity contribution in [3.05, 3.63) is 148 Å². The zero-order valence-electron chi connectivity index (χ0n) is 35.7. The van der Waals surface area contributed by atoms with Gasteiger partial charge < -0.3 is 14.6 Å². The number of aromatic carboxylic acids is 1. The molecule has 7 aromatic rings. The minimum absolute atomic E-state index is 0.00171. The van der Waals surface area contributed by atoms with E-state index < -0.39 is 71.3 Å². The van der Waals surface area contributed by atoms with E-state index in [0.29, 0.717) is 23.3 Å². The molecule has 7 heterocycles. The van der Waals surface area contributed by atoms with Gasteiger partial charge in [0, 0.05) is 44.7 Å². The fraction of sp³-hybridized carbons (Fsp3) is 0.233. The van der Waals surface area contributed by atoms with Gasteiger partial charge in [0.15, 0.2) is 5.78 Å². The number of hydrogen-bond donors (Lipinski definition) is 1. The van der Waals surface area contributed by atoms with Gasteiger partial charge in [0.2, 0.25) is 11.9 Å². The van der Waals surface area contributed by atoms with Crippen molar-refractivity contribution in [2.45, 2.75) is 51.5 Å². The summed E-state index contributed by atoms with van der Waals surface area (Å²) in [5.41, 5.74) is 0.499. The normalized spacial score (nSPS) is 12.1. The smallest absolute Gasteiger partial charge is 0.433 e. The molecule has 0 radical (unpaired) electrons. The van der Waals surface area contributed by atoms with Crippen molar-refractivity contribution in [3.8, 4) is 22.8 Å². The number of carbonyl (C=O) groups is 4. The van der Waals surface area contributed by atoms with Crippen molar-refractivity contribution in [1.29, 1.82) is 0 Å². The van der Waals surface area contributed by atoms with Crippen molar-refractivity contribution < 1.29 is 64.5 Å². The maximum absolute atomic E-state index is 13.9. The van der Waals surface area contributed by atoms with Gasteiger partial charge in [-0.2, -0.15) is 22.0 Å². The van der Waals surface area contributed by atoms with Gasteiger partial charge in [-0.3, -0.25) is 38.7 Å². The Bertz CT molecular complexity index is 2990. The maximum Gasteiger partial charge on any atom is 0.433 e. The number of halogens is 7. The second-order valence-corrected chi connectivity index (χ2v) is 14.5. The Morgan fingerprint density at radius 2 is 1.10 bits per heavy atom. The van der Waals surface area contributed by atoms with Gasteiger partial charge in [-0.15, -0.1) is 10.2 Å². The number of esters is 2. The highest BCUT2D eigenvalue weighted by atomic mass is 19.4. The van der Waals surface area contributed by atoms with E-state index in [1.165, 1.54) is 66.8 Å². The molecule has 0 saturated heterocycles. The molecule has 68 heavy (non-hydrogen) atoms. The monoisotopic (exact) mass is 949 g/mol. The zero-order chi connectivity index (χ0) is 49.4. The van der Waals surface area contributed by atoms with E-state index in [1.807, 2.05) is 0 Å². The molecule has 0 aliphatic rings. The van der Waals surface area contributed by atoms with Crippen LogP contribution in [0.1, 0.15) is 80.5 Å². The molecular formula is C43H34F7N11O7.